The van der Waals surface area contributed by atoms with Gasteiger partial charge in [0.15, 0.2) is 0 Å². The third kappa shape index (κ3) is 4.58. The maximum absolute atomic E-state index is 12.1. The second-order valence-corrected chi connectivity index (χ2v) is 6.40. The van der Waals surface area contributed by atoms with Gasteiger partial charge < -0.3 is 11.1 Å². The number of amides is 1. The number of hydrogen-bond donors (Lipinski definition) is 2. The van der Waals surface area contributed by atoms with Gasteiger partial charge in [-0.3, -0.25) is 9.00 Å². The van der Waals surface area contributed by atoms with Gasteiger partial charge in [-0.15, -0.1) is 0 Å². The Balaban J connectivity index is 1.90. The van der Waals surface area contributed by atoms with E-state index in [2.05, 4.69) is 5.32 Å². The highest BCUT2D eigenvalue weighted by Crippen LogP contribution is 2.17. The third-order valence-corrected chi connectivity index (χ3v) is 4.40. The maximum Gasteiger partial charge on any atom is 0.225 e. The molecule has 110 valence electrons. The van der Waals surface area contributed by atoms with Gasteiger partial charge in [0, 0.05) is 22.1 Å². The monoisotopic (exact) mass is 322 g/mol. The lowest BCUT2D eigenvalue weighted by Gasteiger charge is -2.07. The number of carbonyl (C=O) groups excluding carboxylic acids is 1. The van der Waals surface area contributed by atoms with E-state index in [-0.39, 0.29) is 18.1 Å². The molecule has 0 radical (unpaired) electrons. The van der Waals surface area contributed by atoms with Gasteiger partial charge in [0.1, 0.15) is 0 Å². The van der Waals surface area contributed by atoms with E-state index >= 15 is 0 Å². The Hall–Kier alpha value is -1.85. The molecule has 0 aliphatic heterocycles. The summed E-state index contributed by atoms with van der Waals surface area (Å²) in [5.74, 6) is 0.0158. The summed E-state index contributed by atoms with van der Waals surface area (Å²) in [4.78, 5) is 12.5. The first-order chi connectivity index (χ1) is 10.1. The first kappa shape index (κ1) is 15.5. The highest BCUT2D eigenvalue weighted by molar-refractivity contribution is 7.85. The molecule has 0 aliphatic rings. The molecule has 0 aliphatic carbocycles. The molecule has 21 heavy (non-hydrogen) atoms. The molecular weight excluding hydrogens is 308 g/mol. The van der Waals surface area contributed by atoms with E-state index in [0.717, 1.165) is 0 Å². The minimum absolute atomic E-state index is 0.146. The Morgan fingerprint density at radius 2 is 1.95 bits per heavy atom. The number of nitrogens with one attached hydrogen (secondary N) is 1. The molecule has 2 rings (SSSR count). The molecule has 2 aromatic carbocycles. The summed E-state index contributed by atoms with van der Waals surface area (Å²) in [7, 11) is -1.25. The van der Waals surface area contributed by atoms with E-state index in [1.54, 1.807) is 48.5 Å². The van der Waals surface area contributed by atoms with Crippen molar-refractivity contribution >= 4 is 39.7 Å². The first-order valence-corrected chi connectivity index (χ1v) is 8.04. The van der Waals surface area contributed by atoms with Crippen LogP contribution in [0.4, 0.5) is 11.4 Å². The fourth-order valence-electron chi connectivity index (χ4n) is 1.74. The number of carbonyl (C=O) groups is 1. The number of para-hydroxylation sites is 2. The van der Waals surface area contributed by atoms with Crippen LogP contribution in [0, 0.1) is 0 Å². The molecular formula is C15H15ClN2O2S. The highest BCUT2D eigenvalue weighted by Gasteiger charge is 2.09. The van der Waals surface area contributed by atoms with Crippen LogP contribution in [-0.2, 0) is 15.6 Å². The third-order valence-electron chi connectivity index (χ3n) is 2.81. The van der Waals surface area contributed by atoms with Crippen LogP contribution in [0.5, 0.6) is 0 Å². The Morgan fingerprint density at radius 3 is 2.67 bits per heavy atom. The van der Waals surface area contributed by atoms with E-state index in [1.165, 1.54) is 0 Å². The maximum atomic E-state index is 12.1. The van der Waals surface area contributed by atoms with E-state index in [0.29, 0.717) is 21.3 Å². The van der Waals surface area contributed by atoms with Crippen molar-refractivity contribution in [3.63, 3.8) is 0 Å². The van der Waals surface area contributed by atoms with Crippen molar-refractivity contribution in [1.82, 2.24) is 0 Å². The normalized spacial score (nSPS) is 11.9. The van der Waals surface area contributed by atoms with Crippen LogP contribution in [-0.4, -0.2) is 15.9 Å². The molecule has 2 aromatic rings. The van der Waals surface area contributed by atoms with Crippen molar-refractivity contribution in [2.45, 2.75) is 11.3 Å². The summed E-state index contributed by atoms with van der Waals surface area (Å²) in [5.41, 5.74) is 6.81. The van der Waals surface area contributed by atoms with Crippen LogP contribution in [0.15, 0.2) is 53.4 Å². The van der Waals surface area contributed by atoms with Gasteiger partial charge in [-0.1, -0.05) is 29.8 Å². The molecule has 1 unspecified atom stereocenters. The Bertz CT molecular complexity index is 676. The second kappa shape index (κ2) is 7.24. The molecule has 0 saturated carbocycles. The van der Waals surface area contributed by atoms with Gasteiger partial charge in [-0.05, 0) is 30.3 Å². The molecule has 3 N–H and O–H groups in total. The molecule has 0 heterocycles. The molecule has 0 aromatic heterocycles. The number of hydrogen-bond acceptors (Lipinski definition) is 3. The Kier molecular flexibility index (Phi) is 5.36. The van der Waals surface area contributed by atoms with Gasteiger partial charge in [-0.25, -0.2) is 0 Å². The van der Waals surface area contributed by atoms with Crippen LogP contribution in [0.3, 0.4) is 0 Å². The van der Waals surface area contributed by atoms with Crippen molar-refractivity contribution in [3.05, 3.63) is 53.6 Å². The molecule has 1 atom stereocenters. The molecule has 0 saturated heterocycles. The van der Waals surface area contributed by atoms with Crippen LogP contribution < -0.4 is 11.1 Å². The predicted molar refractivity (Wildman–Crippen MR) is 86.8 cm³/mol. The van der Waals surface area contributed by atoms with E-state index in [9.17, 15) is 9.00 Å². The quantitative estimate of drug-likeness (QED) is 0.831. The second-order valence-electron chi connectivity index (χ2n) is 4.39. The topological polar surface area (TPSA) is 72.2 Å². The predicted octanol–water partition coefficient (Wildman–Crippen LogP) is 3.06. The lowest BCUT2D eigenvalue weighted by Crippen LogP contribution is -2.15. The van der Waals surface area contributed by atoms with Gasteiger partial charge >= 0.3 is 0 Å². The zero-order chi connectivity index (χ0) is 15.2. The molecule has 1 amide bonds. The smallest absolute Gasteiger partial charge is 0.225 e. The summed E-state index contributed by atoms with van der Waals surface area (Å²) in [5, 5.41) is 3.23. The van der Waals surface area contributed by atoms with Crippen molar-refractivity contribution in [1.29, 1.82) is 0 Å². The average Bonchev–Trinajstić information content (AvgIpc) is 2.47. The highest BCUT2D eigenvalue weighted by atomic mass is 35.5. The molecule has 0 fully saturated rings. The minimum atomic E-state index is -1.25. The summed E-state index contributed by atoms with van der Waals surface area (Å²) in [6.07, 6.45) is 0.146. The number of benzene rings is 2. The van der Waals surface area contributed by atoms with Crippen molar-refractivity contribution in [2.24, 2.45) is 0 Å². The summed E-state index contributed by atoms with van der Waals surface area (Å²) in [6, 6.07) is 13.8. The lowest BCUT2D eigenvalue weighted by atomic mass is 10.2. The zero-order valence-electron chi connectivity index (χ0n) is 11.2. The number of nitrogens with two attached hydrogens (primary N) is 1. The number of halogens is 1. The molecule has 0 spiro atoms. The van der Waals surface area contributed by atoms with Gasteiger partial charge in [-0.2, -0.15) is 0 Å². The minimum Gasteiger partial charge on any atom is -0.397 e. The number of anilines is 2. The van der Waals surface area contributed by atoms with E-state index in [1.807, 2.05) is 0 Å². The van der Waals surface area contributed by atoms with Crippen molar-refractivity contribution < 1.29 is 9.00 Å². The Morgan fingerprint density at radius 1 is 1.19 bits per heavy atom. The van der Waals surface area contributed by atoms with E-state index < -0.39 is 10.8 Å². The fourth-order valence-corrected chi connectivity index (χ4v) is 3.09. The molecule has 6 heteroatoms. The lowest BCUT2D eigenvalue weighted by molar-refractivity contribution is -0.115. The summed E-state index contributed by atoms with van der Waals surface area (Å²) in [6.45, 7) is 0. The van der Waals surface area contributed by atoms with Gasteiger partial charge in [0.05, 0.1) is 22.2 Å². The van der Waals surface area contributed by atoms with Crippen LogP contribution in [0.2, 0.25) is 5.02 Å². The SMILES string of the molecule is Nc1ccccc1NC(=O)CCS(=O)c1cccc(Cl)c1. The van der Waals surface area contributed by atoms with E-state index in [4.69, 9.17) is 17.3 Å². The zero-order valence-corrected chi connectivity index (χ0v) is 12.8. The first-order valence-electron chi connectivity index (χ1n) is 6.34. The van der Waals surface area contributed by atoms with Crippen molar-refractivity contribution in [3.8, 4) is 0 Å². The fraction of sp³-hybridized carbons (Fsp3) is 0.133. The standard InChI is InChI=1S/C15H15ClN2O2S/c16-11-4-3-5-12(10-11)21(20)9-8-15(19)18-14-7-2-1-6-13(14)17/h1-7,10H,8-9,17H2,(H,18,19). The largest absolute Gasteiger partial charge is 0.397 e. The average molecular weight is 323 g/mol. The Labute approximate surface area is 130 Å². The van der Waals surface area contributed by atoms with Crippen LogP contribution >= 0.6 is 11.6 Å². The number of nitrogen functional groups attached to an aromatic ring is 1. The molecule has 4 nitrogen and oxygen atoms in total. The van der Waals surface area contributed by atoms with Crippen LogP contribution in [0.1, 0.15) is 6.42 Å². The molecule has 0 bridgehead atoms. The van der Waals surface area contributed by atoms with Gasteiger partial charge in [0.2, 0.25) is 5.91 Å². The summed E-state index contributed by atoms with van der Waals surface area (Å²) < 4.78 is 12.1. The van der Waals surface area contributed by atoms with Gasteiger partial charge in [0.25, 0.3) is 0 Å². The number of rotatable bonds is 5. The van der Waals surface area contributed by atoms with Crippen molar-refractivity contribution in [2.75, 3.05) is 16.8 Å². The van der Waals surface area contributed by atoms with Crippen LogP contribution in [0.25, 0.3) is 0 Å². The summed E-state index contributed by atoms with van der Waals surface area (Å²) >= 11 is 5.85.